The van der Waals surface area contributed by atoms with Crippen LogP contribution in [0.1, 0.15) is 30.6 Å². The highest BCUT2D eigenvalue weighted by Gasteiger charge is 2.25. The molecule has 0 fully saturated rings. The van der Waals surface area contributed by atoms with Gasteiger partial charge in [0.15, 0.2) is 0 Å². The van der Waals surface area contributed by atoms with Crippen LogP contribution in [0, 0.1) is 0 Å². The third kappa shape index (κ3) is 4.20. The molecule has 0 saturated heterocycles. The molecule has 0 aliphatic carbocycles. The molecule has 0 heterocycles. The first-order chi connectivity index (χ1) is 8.21. The second-order valence-corrected chi connectivity index (χ2v) is 5.38. The van der Waals surface area contributed by atoms with Gasteiger partial charge in [-0.2, -0.15) is 0 Å². The zero-order valence-electron chi connectivity index (χ0n) is 9.96. The van der Waals surface area contributed by atoms with Crippen LogP contribution in [0.3, 0.4) is 0 Å². The molecule has 98 valence electrons. The molecule has 0 aliphatic heterocycles. The summed E-state index contributed by atoms with van der Waals surface area (Å²) < 4.78 is 0. The first kappa shape index (κ1) is 14.8. The molecule has 1 aromatic carbocycles. The number of benzene rings is 1. The van der Waals surface area contributed by atoms with Crippen LogP contribution in [0.25, 0.3) is 0 Å². The van der Waals surface area contributed by atoms with Crippen LogP contribution in [-0.2, 0) is 4.79 Å². The molecule has 0 aliphatic rings. The van der Waals surface area contributed by atoms with Gasteiger partial charge in [-0.25, -0.2) is 0 Å². The lowest BCUT2D eigenvalue weighted by Crippen LogP contribution is -2.45. The largest absolute Gasteiger partial charge is 0.481 e. The number of rotatable bonds is 4. The number of carboxylic acid groups (broad SMARTS) is 1. The number of nitrogens with one attached hydrogen (secondary N) is 1. The smallest absolute Gasteiger partial charge is 0.305 e. The van der Waals surface area contributed by atoms with Gasteiger partial charge in [-0.05, 0) is 32.0 Å². The van der Waals surface area contributed by atoms with Crippen LogP contribution < -0.4 is 5.32 Å². The third-order valence-corrected chi connectivity index (χ3v) is 2.78. The molecule has 1 aromatic rings. The topological polar surface area (TPSA) is 66.4 Å². The van der Waals surface area contributed by atoms with E-state index in [1.807, 2.05) is 0 Å². The Hall–Kier alpha value is -1.26. The molecule has 1 rings (SSSR count). The summed E-state index contributed by atoms with van der Waals surface area (Å²) in [6.45, 7) is 3.24. The number of hydrogen-bond donors (Lipinski definition) is 2. The average Bonchev–Trinajstić information content (AvgIpc) is 2.18. The van der Waals surface area contributed by atoms with E-state index in [2.05, 4.69) is 5.32 Å². The lowest BCUT2D eigenvalue weighted by molar-refractivity contribution is -0.138. The fourth-order valence-corrected chi connectivity index (χ4v) is 1.84. The number of carbonyl (C=O) groups excluding carboxylic acids is 1. The summed E-state index contributed by atoms with van der Waals surface area (Å²) in [5, 5.41) is 12.0. The molecular weight excluding hydrogens is 277 g/mol. The van der Waals surface area contributed by atoms with E-state index in [-0.39, 0.29) is 17.0 Å². The number of halogens is 2. The highest BCUT2D eigenvalue weighted by Crippen LogP contribution is 2.21. The van der Waals surface area contributed by atoms with E-state index in [4.69, 9.17) is 28.3 Å². The van der Waals surface area contributed by atoms with Crippen molar-refractivity contribution in [2.45, 2.75) is 25.8 Å². The fourth-order valence-electron chi connectivity index (χ4n) is 1.47. The predicted octanol–water partition coefficient (Wildman–Crippen LogP) is 2.98. The highest BCUT2D eigenvalue weighted by atomic mass is 35.5. The van der Waals surface area contributed by atoms with E-state index >= 15 is 0 Å². The Morgan fingerprint density at radius 3 is 2.50 bits per heavy atom. The van der Waals surface area contributed by atoms with Crippen LogP contribution in [0.2, 0.25) is 10.0 Å². The minimum absolute atomic E-state index is 0.184. The van der Waals surface area contributed by atoms with Crippen molar-refractivity contribution in [1.82, 2.24) is 5.32 Å². The molecule has 0 saturated carbocycles. The Kier molecular flexibility index (Phi) is 4.59. The Morgan fingerprint density at radius 2 is 1.94 bits per heavy atom. The monoisotopic (exact) mass is 289 g/mol. The van der Waals surface area contributed by atoms with Crippen LogP contribution in [-0.4, -0.2) is 22.5 Å². The summed E-state index contributed by atoms with van der Waals surface area (Å²) in [4.78, 5) is 22.6. The van der Waals surface area contributed by atoms with Crippen molar-refractivity contribution in [2.24, 2.45) is 0 Å². The van der Waals surface area contributed by atoms with Crippen molar-refractivity contribution in [3.63, 3.8) is 0 Å². The zero-order valence-corrected chi connectivity index (χ0v) is 11.5. The quantitative estimate of drug-likeness (QED) is 0.895. The molecule has 4 nitrogen and oxygen atoms in total. The van der Waals surface area contributed by atoms with E-state index in [1.54, 1.807) is 19.9 Å². The first-order valence-corrected chi connectivity index (χ1v) is 5.96. The van der Waals surface area contributed by atoms with Gasteiger partial charge in [0.1, 0.15) is 0 Å². The van der Waals surface area contributed by atoms with Crippen molar-refractivity contribution in [2.75, 3.05) is 0 Å². The molecule has 2 N–H and O–H groups in total. The molecule has 0 spiro atoms. The van der Waals surface area contributed by atoms with Crippen molar-refractivity contribution < 1.29 is 14.7 Å². The Labute approximate surface area is 115 Å². The van der Waals surface area contributed by atoms with Gasteiger partial charge in [-0.15, -0.1) is 0 Å². The van der Waals surface area contributed by atoms with Gasteiger partial charge in [0.25, 0.3) is 5.91 Å². The summed E-state index contributed by atoms with van der Waals surface area (Å²) in [5.74, 6) is -1.44. The van der Waals surface area contributed by atoms with E-state index in [0.717, 1.165) is 0 Å². The summed E-state index contributed by atoms with van der Waals surface area (Å²) in [6, 6.07) is 4.53. The SMILES string of the molecule is CC(C)(CC(=O)O)NC(=O)c1cc(Cl)ccc1Cl. The van der Waals surface area contributed by atoms with Crippen LogP contribution in [0.4, 0.5) is 0 Å². The molecule has 0 bridgehead atoms. The lowest BCUT2D eigenvalue weighted by atomic mass is 10.00. The van der Waals surface area contributed by atoms with Crippen molar-refractivity contribution in [3.8, 4) is 0 Å². The van der Waals surface area contributed by atoms with Crippen molar-refractivity contribution >= 4 is 35.1 Å². The number of hydrogen-bond acceptors (Lipinski definition) is 2. The minimum atomic E-state index is -0.988. The maximum absolute atomic E-state index is 12.0. The maximum atomic E-state index is 12.0. The minimum Gasteiger partial charge on any atom is -0.481 e. The molecule has 6 heteroatoms. The summed E-state index contributed by atoms with van der Waals surface area (Å²) in [7, 11) is 0. The van der Waals surface area contributed by atoms with Crippen molar-refractivity contribution in [3.05, 3.63) is 33.8 Å². The number of aliphatic carboxylic acids is 1. The van der Waals surface area contributed by atoms with Gasteiger partial charge in [0.05, 0.1) is 17.0 Å². The second-order valence-electron chi connectivity index (χ2n) is 4.53. The summed E-state index contributed by atoms with van der Waals surface area (Å²) in [5.41, 5.74) is -0.642. The average molecular weight is 290 g/mol. The van der Waals surface area contributed by atoms with Gasteiger partial charge in [-0.3, -0.25) is 9.59 Å². The molecule has 0 atom stereocenters. The van der Waals surface area contributed by atoms with Gasteiger partial charge in [0, 0.05) is 10.6 Å². The number of carbonyl (C=O) groups is 2. The maximum Gasteiger partial charge on any atom is 0.305 e. The zero-order chi connectivity index (χ0) is 13.9. The van der Waals surface area contributed by atoms with Crippen LogP contribution >= 0.6 is 23.2 Å². The molecule has 18 heavy (non-hydrogen) atoms. The van der Waals surface area contributed by atoms with Gasteiger partial charge < -0.3 is 10.4 Å². The molecule has 0 unspecified atom stereocenters. The van der Waals surface area contributed by atoms with Crippen molar-refractivity contribution in [1.29, 1.82) is 0 Å². The third-order valence-electron chi connectivity index (χ3n) is 2.22. The molecule has 0 aromatic heterocycles. The standard InChI is InChI=1S/C12H13Cl2NO3/c1-12(2,6-10(16)17)15-11(18)8-5-7(13)3-4-9(8)14/h3-5H,6H2,1-2H3,(H,15,18)(H,16,17). The van der Waals surface area contributed by atoms with Gasteiger partial charge in [0.2, 0.25) is 0 Å². The number of carboxylic acids is 1. The van der Waals surface area contributed by atoms with Crippen LogP contribution in [0.15, 0.2) is 18.2 Å². The first-order valence-electron chi connectivity index (χ1n) is 5.20. The van der Waals surface area contributed by atoms with E-state index in [1.165, 1.54) is 12.1 Å². The molecular formula is C12H13Cl2NO3. The second kappa shape index (κ2) is 5.59. The fraction of sp³-hybridized carbons (Fsp3) is 0.333. The normalized spacial score (nSPS) is 11.1. The van der Waals surface area contributed by atoms with E-state index in [9.17, 15) is 9.59 Å². The van der Waals surface area contributed by atoms with E-state index in [0.29, 0.717) is 5.02 Å². The lowest BCUT2D eigenvalue weighted by Gasteiger charge is -2.24. The summed E-state index contributed by atoms with van der Waals surface area (Å²) >= 11 is 11.7. The van der Waals surface area contributed by atoms with Crippen LogP contribution in [0.5, 0.6) is 0 Å². The Bertz CT molecular complexity index is 486. The number of amides is 1. The Morgan fingerprint density at radius 1 is 1.33 bits per heavy atom. The highest BCUT2D eigenvalue weighted by molar-refractivity contribution is 6.35. The summed E-state index contributed by atoms with van der Waals surface area (Å²) in [6.07, 6.45) is -0.184. The Balaban J connectivity index is 2.88. The van der Waals surface area contributed by atoms with Gasteiger partial charge >= 0.3 is 5.97 Å². The molecule has 0 radical (unpaired) electrons. The van der Waals surface area contributed by atoms with E-state index < -0.39 is 17.4 Å². The predicted molar refractivity (Wildman–Crippen MR) is 70.3 cm³/mol. The van der Waals surface area contributed by atoms with Gasteiger partial charge in [-0.1, -0.05) is 23.2 Å². The molecule has 1 amide bonds.